The van der Waals surface area contributed by atoms with Gasteiger partial charge in [0.15, 0.2) is 5.82 Å². The molecule has 2 aromatic heterocycles. The number of furan rings is 1. The molecule has 0 spiro atoms. The number of para-hydroxylation sites is 1. The van der Waals surface area contributed by atoms with E-state index in [2.05, 4.69) is 41.0 Å². The molecule has 0 amide bonds. The maximum atomic E-state index is 6.08. The first-order valence-corrected chi connectivity index (χ1v) is 10.1. The Bertz CT molecular complexity index is 891. The lowest BCUT2D eigenvalue weighted by Crippen LogP contribution is -2.39. The van der Waals surface area contributed by atoms with Gasteiger partial charge in [-0.2, -0.15) is 4.98 Å². The van der Waals surface area contributed by atoms with Gasteiger partial charge in [0, 0.05) is 18.7 Å². The van der Waals surface area contributed by atoms with Gasteiger partial charge >= 0.3 is 0 Å². The van der Waals surface area contributed by atoms with Gasteiger partial charge < -0.3 is 18.4 Å². The van der Waals surface area contributed by atoms with Crippen molar-refractivity contribution >= 4 is 0 Å². The Balaban J connectivity index is 1.31. The minimum absolute atomic E-state index is 0.151. The van der Waals surface area contributed by atoms with Crippen LogP contribution in [0.2, 0.25) is 0 Å². The second-order valence-electron chi connectivity index (χ2n) is 7.61. The van der Waals surface area contributed by atoms with E-state index in [0.717, 1.165) is 43.8 Å². The summed E-state index contributed by atoms with van der Waals surface area (Å²) in [5.74, 6) is 1.96. The fraction of sp³-hybridized carbons (Fsp3) is 0.455. The third kappa shape index (κ3) is 5.25. The number of hydrogen-bond acceptors (Lipinski definition) is 7. The second-order valence-corrected chi connectivity index (χ2v) is 7.61. The number of piperidine rings is 1. The molecule has 1 fully saturated rings. The molecule has 1 atom stereocenters. The van der Waals surface area contributed by atoms with Gasteiger partial charge in [0.2, 0.25) is 0 Å². The number of ether oxygens (including phenoxy) is 2. The third-order valence-corrected chi connectivity index (χ3v) is 4.88. The maximum absolute atomic E-state index is 6.08. The molecular formula is C22H27N3O4. The van der Waals surface area contributed by atoms with Crippen molar-refractivity contribution in [3.63, 3.8) is 0 Å². The highest BCUT2D eigenvalue weighted by Crippen LogP contribution is 2.24. The normalized spacial score (nSPS) is 17.7. The summed E-state index contributed by atoms with van der Waals surface area (Å²) >= 11 is 0. The molecule has 0 N–H and O–H groups in total. The Morgan fingerprint density at radius 2 is 2.14 bits per heavy atom. The summed E-state index contributed by atoms with van der Waals surface area (Å²) in [5, 5.41) is 4.00. The molecule has 7 heteroatoms. The van der Waals surface area contributed by atoms with E-state index in [4.69, 9.17) is 18.4 Å². The van der Waals surface area contributed by atoms with E-state index in [0.29, 0.717) is 18.3 Å². The lowest BCUT2D eigenvalue weighted by molar-refractivity contribution is -0.0153. The second kappa shape index (κ2) is 9.24. The van der Waals surface area contributed by atoms with Gasteiger partial charge in [0.1, 0.15) is 18.6 Å². The maximum Gasteiger partial charge on any atom is 0.261 e. The van der Waals surface area contributed by atoms with Crippen molar-refractivity contribution in [1.82, 2.24) is 15.0 Å². The average Bonchev–Trinajstić information content (AvgIpc) is 3.40. The average molecular weight is 397 g/mol. The van der Waals surface area contributed by atoms with Crippen LogP contribution in [-0.2, 0) is 17.9 Å². The molecule has 0 aliphatic carbocycles. The molecule has 0 bridgehead atoms. The third-order valence-electron chi connectivity index (χ3n) is 4.88. The van der Waals surface area contributed by atoms with Crippen LogP contribution in [0.1, 0.15) is 38.1 Å². The molecule has 1 aromatic carbocycles. The Morgan fingerprint density at radius 1 is 1.24 bits per heavy atom. The highest BCUT2D eigenvalue weighted by atomic mass is 16.5. The van der Waals surface area contributed by atoms with E-state index in [1.165, 1.54) is 5.56 Å². The fourth-order valence-electron chi connectivity index (χ4n) is 3.55. The summed E-state index contributed by atoms with van der Waals surface area (Å²) in [4.78, 5) is 6.79. The lowest BCUT2D eigenvalue weighted by atomic mass is 10.1. The molecule has 0 saturated carbocycles. The first-order valence-electron chi connectivity index (χ1n) is 10.1. The Labute approximate surface area is 170 Å². The summed E-state index contributed by atoms with van der Waals surface area (Å²) in [7, 11) is 0. The van der Waals surface area contributed by atoms with Crippen molar-refractivity contribution in [2.24, 2.45) is 0 Å². The standard InChI is InChI=1S/C22H27N3O4/c1-16(2)28-20-8-4-3-6-17(20)12-25-10-5-7-19(13-25)27-15-21-23-22(29-24-21)18-9-11-26-14-18/h3-4,6,8-9,11,14,16,19H,5,7,10,12-13,15H2,1-2H3. The molecule has 4 rings (SSSR count). The van der Waals surface area contributed by atoms with Gasteiger partial charge in [-0.15, -0.1) is 0 Å². The van der Waals surface area contributed by atoms with Crippen molar-refractivity contribution in [1.29, 1.82) is 0 Å². The van der Waals surface area contributed by atoms with Crippen LogP contribution in [0.25, 0.3) is 11.5 Å². The summed E-state index contributed by atoms with van der Waals surface area (Å²) in [6.45, 7) is 7.24. The summed E-state index contributed by atoms with van der Waals surface area (Å²) in [6, 6.07) is 10.1. The zero-order valence-electron chi connectivity index (χ0n) is 16.9. The van der Waals surface area contributed by atoms with Crippen LogP contribution in [0.5, 0.6) is 5.75 Å². The Hall–Kier alpha value is -2.64. The molecule has 1 aliphatic heterocycles. The number of likely N-dealkylation sites (tertiary alicyclic amines) is 1. The molecule has 154 valence electrons. The van der Waals surface area contributed by atoms with Gasteiger partial charge in [-0.3, -0.25) is 4.90 Å². The predicted octanol–water partition coefficient (Wildman–Crippen LogP) is 4.30. The van der Waals surface area contributed by atoms with E-state index in [1.54, 1.807) is 18.6 Å². The number of hydrogen-bond donors (Lipinski definition) is 0. The largest absolute Gasteiger partial charge is 0.491 e. The van der Waals surface area contributed by atoms with Crippen LogP contribution in [0.15, 0.2) is 51.8 Å². The van der Waals surface area contributed by atoms with Crippen molar-refractivity contribution < 1.29 is 18.4 Å². The first-order chi connectivity index (χ1) is 14.2. The molecule has 1 unspecified atom stereocenters. The van der Waals surface area contributed by atoms with Gasteiger partial charge in [-0.1, -0.05) is 23.4 Å². The minimum Gasteiger partial charge on any atom is -0.491 e. The minimum atomic E-state index is 0.151. The molecule has 3 aromatic rings. The fourth-order valence-corrected chi connectivity index (χ4v) is 3.55. The van der Waals surface area contributed by atoms with E-state index >= 15 is 0 Å². The molecule has 1 aliphatic rings. The molecule has 7 nitrogen and oxygen atoms in total. The summed E-state index contributed by atoms with van der Waals surface area (Å²) in [5.41, 5.74) is 1.99. The van der Waals surface area contributed by atoms with E-state index in [9.17, 15) is 0 Å². The van der Waals surface area contributed by atoms with Crippen molar-refractivity contribution in [2.75, 3.05) is 13.1 Å². The number of nitrogens with zero attached hydrogens (tertiary/aromatic N) is 3. The number of benzene rings is 1. The Morgan fingerprint density at radius 3 is 2.97 bits per heavy atom. The molecule has 0 radical (unpaired) electrons. The first kappa shape index (κ1) is 19.7. The highest BCUT2D eigenvalue weighted by Gasteiger charge is 2.22. The van der Waals surface area contributed by atoms with Crippen LogP contribution >= 0.6 is 0 Å². The quantitative estimate of drug-likeness (QED) is 0.561. The zero-order chi connectivity index (χ0) is 20.1. The van der Waals surface area contributed by atoms with Gasteiger partial charge in [0.05, 0.1) is 24.0 Å². The van der Waals surface area contributed by atoms with Crippen LogP contribution in [0.3, 0.4) is 0 Å². The summed E-state index contributed by atoms with van der Waals surface area (Å²) < 4.78 is 22.4. The zero-order valence-corrected chi connectivity index (χ0v) is 16.9. The van der Waals surface area contributed by atoms with Crippen molar-refractivity contribution in [3.05, 3.63) is 54.2 Å². The molecule has 29 heavy (non-hydrogen) atoms. The number of aromatic nitrogens is 2. The van der Waals surface area contributed by atoms with Crippen LogP contribution in [0.4, 0.5) is 0 Å². The van der Waals surface area contributed by atoms with Crippen LogP contribution < -0.4 is 4.74 Å². The molecule has 3 heterocycles. The Kier molecular flexibility index (Phi) is 6.27. The lowest BCUT2D eigenvalue weighted by Gasteiger charge is -2.32. The SMILES string of the molecule is CC(C)Oc1ccccc1CN1CCCC(OCc2noc(-c3ccoc3)n2)C1. The van der Waals surface area contributed by atoms with Crippen molar-refractivity contribution in [3.8, 4) is 17.2 Å². The molecule has 1 saturated heterocycles. The van der Waals surface area contributed by atoms with E-state index in [1.807, 2.05) is 12.1 Å². The predicted molar refractivity (Wildman–Crippen MR) is 107 cm³/mol. The van der Waals surface area contributed by atoms with Gasteiger partial charge in [-0.05, 0) is 45.4 Å². The van der Waals surface area contributed by atoms with Crippen molar-refractivity contribution in [2.45, 2.75) is 52.0 Å². The smallest absolute Gasteiger partial charge is 0.261 e. The van der Waals surface area contributed by atoms with Crippen LogP contribution in [-0.4, -0.2) is 40.3 Å². The van der Waals surface area contributed by atoms with E-state index < -0.39 is 0 Å². The molecular weight excluding hydrogens is 370 g/mol. The van der Waals surface area contributed by atoms with Gasteiger partial charge in [-0.25, -0.2) is 0 Å². The van der Waals surface area contributed by atoms with Gasteiger partial charge in [0.25, 0.3) is 5.89 Å². The van der Waals surface area contributed by atoms with E-state index in [-0.39, 0.29) is 12.2 Å². The monoisotopic (exact) mass is 397 g/mol. The topological polar surface area (TPSA) is 73.8 Å². The van der Waals surface area contributed by atoms with Crippen LogP contribution in [0, 0.1) is 0 Å². The highest BCUT2D eigenvalue weighted by molar-refractivity contribution is 5.49. The summed E-state index contributed by atoms with van der Waals surface area (Å²) in [6.07, 6.45) is 5.61. The number of rotatable bonds is 8.